The van der Waals surface area contributed by atoms with Crippen molar-refractivity contribution in [2.75, 3.05) is 0 Å². The maximum Gasteiger partial charge on any atom is 0.159 e. The molecule has 33 heavy (non-hydrogen) atoms. The zero-order valence-corrected chi connectivity index (χ0v) is 21.7. The fourth-order valence-electron chi connectivity index (χ4n) is 5.61. The van der Waals surface area contributed by atoms with E-state index in [1.165, 1.54) is 113 Å². The number of benzene rings is 1. The highest BCUT2D eigenvalue weighted by atomic mass is 14.9. The summed E-state index contributed by atoms with van der Waals surface area (Å²) in [5.74, 6) is 2.81. The highest BCUT2D eigenvalue weighted by Gasteiger charge is 2.20. The summed E-state index contributed by atoms with van der Waals surface area (Å²) in [7, 11) is 0. The molecular formula is C31H48N2. The Labute approximate surface area is 204 Å². The van der Waals surface area contributed by atoms with Gasteiger partial charge in [-0.05, 0) is 67.2 Å². The molecule has 2 nitrogen and oxygen atoms in total. The van der Waals surface area contributed by atoms with Crippen LogP contribution >= 0.6 is 0 Å². The minimum atomic E-state index is 0.863. The van der Waals surface area contributed by atoms with Crippen LogP contribution in [0.4, 0.5) is 0 Å². The lowest BCUT2D eigenvalue weighted by molar-refractivity contribution is 0.252. The third-order valence-corrected chi connectivity index (χ3v) is 7.86. The van der Waals surface area contributed by atoms with E-state index >= 15 is 0 Å². The van der Waals surface area contributed by atoms with Gasteiger partial charge in [0, 0.05) is 18.0 Å². The van der Waals surface area contributed by atoms with Gasteiger partial charge in [-0.1, -0.05) is 103 Å². The molecule has 0 spiro atoms. The van der Waals surface area contributed by atoms with E-state index in [0.29, 0.717) is 0 Å². The van der Waals surface area contributed by atoms with Gasteiger partial charge in [-0.25, -0.2) is 9.97 Å². The van der Waals surface area contributed by atoms with E-state index in [4.69, 9.17) is 0 Å². The molecule has 2 aromatic rings. The molecule has 3 rings (SSSR count). The van der Waals surface area contributed by atoms with Gasteiger partial charge in [0.15, 0.2) is 5.82 Å². The predicted octanol–water partition coefficient (Wildman–Crippen LogP) is 9.28. The van der Waals surface area contributed by atoms with Crippen LogP contribution < -0.4 is 0 Å². The van der Waals surface area contributed by atoms with Gasteiger partial charge in [-0.3, -0.25) is 0 Å². The zero-order chi connectivity index (χ0) is 23.3. The second-order valence-corrected chi connectivity index (χ2v) is 10.6. The van der Waals surface area contributed by atoms with Crippen LogP contribution in [0.5, 0.6) is 0 Å². The molecule has 0 bridgehead atoms. The van der Waals surface area contributed by atoms with Gasteiger partial charge in [0.05, 0.1) is 0 Å². The first-order valence-electron chi connectivity index (χ1n) is 14.1. The van der Waals surface area contributed by atoms with Crippen molar-refractivity contribution in [1.29, 1.82) is 0 Å². The van der Waals surface area contributed by atoms with Crippen molar-refractivity contribution in [3.63, 3.8) is 0 Å². The fraction of sp³-hybridized carbons (Fsp3) is 0.677. The Morgan fingerprint density at radius 1 is 0.727 bits per heavy atom. The van der Waals surface area contributed by atoms with Gasteiger partial charge in [0.25, 0.3) is 0 Å². The molecule has 2 heteroatoms. The Bertz CT molecular complexity index is 787. The summed E-state index contributed by atoms with van der Waals surface area (Å²) in [6, 6.07) is 6.84. The van der Waals surface area contributed by atoms with E-state index in [-0.39, 0.29) is 0 Å². The van der Waals surface area contributed by atoms with Gasteiger partial charge in [0.1, 0.15) is 0 Å². The summed E-state index contributed by atoms with van der Waals surface area (Å²) < 4.78 is 0. The molecule has 0 N–H and O–H groups in total. The van der Waals surface area contributed by atoms with Crippen molar-refractivity contribution in [1.82, 2.24) is 9.97 Å². The lowest BCUT2D eigenvalue weighted by atomic mass is 9.78. The maximum absolute atomic E-state index is 4.69. The molecular weight excluding hydrogens is 400 g/mol. The van der Waals surface area contributed by atoms with Crippen LogP contribution in [0.3, 0.4) is 0 Å². The molecule has 1 saturated carbocycles. The summed E-state index contributed by atoms with van der Waals surface area (Å²) in [4.78, 5) is 9.38. The van der Waals surface area contributed by atoms with Gasteiger partial charge in [0.2, 0.25) is 0 Å². The third-order valence-electron chi connectivity index (χ3n) is 7.86. The molecule has 1 aliphatic rings. The van der Waals surface area contributed by atoms with Gasteiger partial charge >= 0.3 is 0 Å². The molecule has 0 radical (unpaired) electrons. The van der Waals surface area contributed by atoms with Crippen LogP contribution in [0.1, 0.15) is 120 Å². The number of hydrogen-bond donors (Lipinski definition) is 0. The van der Waals surface area contributed by atoms with E-state index < -0.39 is 0 Å². The van der Waals surface area contributed by atoms with Crippen molar-refractivity contribution in [3.05, 3.63) is 47.3 Å². The monoisotopic (exact) mass is 448 g/mol. The standard InChI is InChI=1S/C31H48N2/c1-4-6-7-8-9-10-11-13-28-23-32-31(33-24-28)30-21-20-29(25(3)22-30)19-18-27-16-14-26(12-5-2)15-17-27/h20-24,26-27H,4-19H2,1-3H3/t26-,27-. The lowest BCUT2D eigenvalue weighted by Gasteiger charge is -2.28. The van der Waals surface area contributed by atoms with Crippen LogP contribution in [0.2, 0.25) is 0 Å². The first-order valence-corrected chi connectivity index (χ1v) is 14.1. The summed E-state index contributed by atoms with van der Waals surface area (Å²) in [6.45, 7) is 6.86. The molecule has 1 aromatic carbocycles. The van der Waals surface area contributed by atoms with E-state index in [1.54, 1.807) is 0 Å². The number of hydrogen-bond acceptors (Lipinski definition) is 2. The summed E-state index contributed by atoms with van der Waals surface area (Å²) in [5, 5.41) is 0. The number of rotatable bonds is 14. The van der Waals surface area contributed by atoms with Crippen LogP contribution in [0.25, 0.3) is 11.4 Å². The van der Waals surface area contributed by atoms with Crippen LogP contribution in [-0.4, -0.2) is 9.97 Å². The molecule has 0 amide bonds. The van der Waals surface area contributed by atoms with E-state index in [2.05, 4.69) is 48.9 Å². The summed E-state index contributed by atoms with van der Waals surface area (Å²) in [5.41, 5.74) is 5.32. The topological polar surface area (TPSA) is 25.8 Å². The van der Waals surface area contributed by atoms with Gasteiger partial charge < -0.3 is 0 Å². The molecule has 1 heterocycles. The third kappa shape index (κ3) is 8.87. The second-order valence-electron chi connectivity index (χ2n) is 10.6. The first kappa shape index (κ1) is 25.9. The van der Waals surface area contributed by atoms with Crippen molar-refractivity contribution >= 4 is 0 Å². The van der Waals surface area contributed by atoms with Crippen molar-refractivity contribution < 1.29 is 0 Å². The minimum Gasteiger partial charge on any atom is -0.236 e. The van der Waals surface area contributed by atoms with E-state index in [1.807, 2.05) is 12.4 Å². The van der Waals surface area contributed by atoms with Crippen LogP contribution in [0.15, 0.2) is 30.6 Å². The van der Waals surface area contributed by atoms with Crippen molar-refractivity contribution in [3.8, 4) is 11.4 Å². The molecule has 0 atom stereocenters. The average molecular weight is 449 g/mol. The van der Waals surface area contributed by atoms with Gasteiger partial charge in [-0.2, -0.15) is 0 Å². The Balaban J connectivity index is 1.42. The lowest BCUT2D eigenvalue weighted by Crippen LogP contribution is -2.15. The van der Waals surface area contributed by atoms with Crippen LogP contribution in [-0.2, 0) is 12.8 Å². The van der Waals surface area contributed by atoms with E-state index in [9.17, 15) is 0 Å². The number of aryl methyl sites for hydroxylation is 3. The largest absolute Gasteiger partial charge is 0.236 e. The quantitative estimate of drug-likeness (QED) is 0.269. The smallest absolute Gasteiger partial charge is 0.159 e. The molecule has 1 aliphatic carbocycles. The Hall–Kier alpha value is -1.70. The van der Waals surface area contributed by atoms with E-state index in [0.717, 1.165) is 29.6 Å². The number of aromatic nitrogens is 2. The SMILES string of the molecule is CCCCCCCCCc1cnc(-c2ccc(CC[C@H]3CC[C@H](CCC)CC3)c(C)c2)nc1. The number of unbranched alkanes of at least 4 members (excludes halogenated alkanes) is 6. The Morgan fingerprint density at radius 3 is 2.00 bits per heavy atom. The zero-order valence-electron chi connectivity index (χ0n) is 21.7. The highest BCUT2D eigenvalue weighted by Crippen LogP contribution is 2.34. The summed E-state index contributed by atoms with van der Waals surface area (Å²) >= 11 is 0. The first-order chi connectivity index (χ1) is 16.2. The van der Waals surface area contributed by atoms with Crippen molar-refractivity contribution in [2.24, 2.45) is 11.8 Å². The Morgan fingerprint density at radius 2 is 1.36 bits per heavy atom. The average Bonchev–Trinajstić information content (AvgIpc) is 2.84. The molecule has 1 fully saturated rings. The van der Waals surface area contributed by atoms with Crippen LogP contribution in [0, 0.1) is 18.8 Å². The molecule has 182 valence electrons. The fourth-order valence-corrected chi connectivity index (χ4v) is 5.61. The molecule has 0 saturated heterocycles. The normalized spacial score (nSPS) is 18.5. The molecule has 1 aromatic heterocycles. The second kappa shape index (κ2) is 14.5. The minimum absolute atomic E-state index is 0.863. The predicted molar refractivity (Wildman–Crippen MR) is 143 cm³/mol. The van der Waals surface area contributed by atoms with Gasteiger partial charge in [-0.15, -0.1) is 0 Å². The Kier molecular flexibility index (Phi) is 11.4. The number of nitrogens with zero attached hydrogens (tertiary/aromatic N) is 2. The van der Waals surface area contributed by atoms with Crippen molar-refractivity contribution in [2.45, 2.75) is 124 Å². The maximum atomic E-state index is 4.69. The molecule has 0 unspecified atom stereocenters. The molecule has 0 aliphatic heterocycles. The summed E-state index contributed by atoms with van der Waals surface area (Å²) in [6.07, 6.45) is 25.8. The highest BCUT2D eigenvalue weighted by molar-refractivity contribution is 5.57.